The molecule has 3 heterocycles. The molecular formula is C32H25N3O5S. The van der Waals surface area contributed by atoms with Crippen LogP contribution < -0.4 is 19.7 Å². The van der Waals surface area contributed by atoms with Crippen molar-refractivity contribution in [1.29, 1.82) is 0 Å². The van der Waals surface area contributed by atoms with Crippen molar-refractivity contribution >= 4 is 29.0 Å². The number of nitrogens with zero attached hydrogens (tertiary/aromatic N) is 2. The lowest BCUT2D eigenvalue weighted by molar-refractivity contribution is 0.0697. The van der Waals surface area contributed by atoms with Gasteiger partial charge in [0.25, 0.3) is 0 Å². The minimum Gasteiger partial charge on any atom is -0.497 e. The van der Waals surface area contributed by atoms with Crippen molar-refractivity contribution in [2.45, 2.75) is 12.1 Å². The molecule has 1 saturated heterocycles. The number of hydrogen-bond acceptors (Lipinski definition) is 6. The second-order valence-electron chi connectivity index (χ2n) is 9.36. The van der Waals surface area contributed by atoms with Crippen LogP contribution in [0.1, 0.15) is 33.9 Å². The molecule has 6 rings (SSSR count). The summed E-state index contributed by atoms with van der Waals surface area (Å²) in [5, 5.41) is 13.4. The molecule has 0 aliphatic carbocycles. The molecule has 0 saturated carbocycles. The molecule has 5 aromatic rings. The topological polar surface area (TPSA) is 97.1 Å². The van der Waals surface area contributed by atoms with Crippen LogP contribution in [0.2, 0.25) is 0 Å². The Hall–Kier alpha value is -5.15. The molecule has 8 nitrogen and oxygen atoms in total. The quantitative estimate of drug-likeness (QED) is 0.193. The van der Waals surface area contributed by atoms with Crippen molar-refractivity contribution in [1.82, 2.24) is 10.3 Å². The first-order chi connectivity index (χ1) is 20.0. The van der Waals surface area contributed by atoms with E-state index in [2.05, 4.69) is 10.3 Å². The van der Waals surface area contributed by atoms with E-state index < -0.39 is 5.97 Å². The number of carboxylic acid groups (broad SMARTS) is 1. The SMILES string of the molecule is COc1ccc(Oc2ccc(N3C(=S)N[C@@H](c4ccccn4)[C@@H]3c3ccc(-c4cccc(C(=O)O)c4)o3)cc2)cc1. The van der Waals surface area contributed by atoms with E-state index in [9.17, 15) is 9.90 Å². The maximum atomic E-state index is 11.5. The zero-order chi connectivity index (χ0) is 28.3. The van der Waals surface area contributed by atoms with E-state index in [1.807, 2.05) is 89.8 Å². The number of nitrogens with one attached hydrogen (secondary N) is 1. The summed E-state index contributed by atoms with van der Waals surface area (Å²) in [5.74, 6) is 2.34. The molecule has 2 atom stereocenters. The predicted octanol–water partition coefficient (Wildman–Crippen LogP) is 7.02. The third-order valence-corrected chi connectivity index (χ3v) is 7.14. The first-order valence-corrected chi connectivity index (χ1v) is 13.3. The van der Waals surface area contributed by atoms with Gasteiger partial charge in [0.15, 0.2) is 5.11 Å². The van der Waals surface area contributed by atoms with Gasteiger partial charge in [0, 0.05) is 17.4 Å². The molecule has 3 aromatic carbocycles. The summed E-state index contributed by atoms with van der Waals surface area (Å²) in [6.45, 7) is 0. The molecule has 204 valence electrons. The number of aromatic carboxylic acids is 1. The van der Waals surface area contributed by atoms with E-state index in [4.69, 9.17) is 26.1 Å². The van der Waals surface area contributed by atoms with Crippen LogP contribution in [-0.4, -0.2) is 28.3 Å². The number of rotatable bonds is 8. The number of aromatic nitrogens is 1. The maximum absolute atomic E-state index is 11.5. The monoisotopic (exact) mass is 563 g/mol. The summed E-state index contributed by atoms with van der Waals surface area (Å²) >= 11 is 5.82. The molecule has 0 amide bonds. The van der Waals surface area contributed by atoms with Crippen molar-refractivity contribution in [2.24, 2.45) is 0 Å². The number of hydrogen-bond donors (Lipinski definition) is 2. The highest BCUT2D eigenvalue weighted by molar-refractivity contribution is 7.80. The average molecular weight is 564 g/mol. The number of ether oxygens (including phenoxy) is 2. The van der Waals surface area contributed by atoms with Crippen LogP contribution in [0.25, 0.3) is 11.3 Å². The van der Waals surface area contributed by atoms with E-state index >= 15 is 0 Å². The van der Waals surface area contributed by atoms with Crippen LogP contribution in [0, 0.1) is 0 Å². The fourth-order valence-electron chi connectivity index (χ4n) is 4.85. The molecule has 0 spiro atoms. The zero-order valence-corrected chi connectivity index (χ0v) is 22.7. The lowest BCUT2D eigenvalue weighted by atomic mass is 10.0. The lowest BCUT2D eigenvalue weighted by Gasteiger charge is -2.26. The Labute approximate surface area is 241 Å². The standard InChI is InChI=1S/C32H25N3O5S/c1-38-23-12-14-25(15-13-23)39-24-10-8-22(9-11-24)35-30(29(34-32(35)41)26-7-2-3-18-33-26)28-17-16-27(40-28)20-5-4-6-21(19-20)31(36)37/h2-19,29-30H,1H3,(H,34,41)(H,36,37)/t29-,30-/m0/s1. The van der Waals surface area contributed by atoms with E-state index in [1.54, 1.807) is 31.5 Å². The molecule has 0 radical (unpaired) electrons. The van der Waals surface area contributed by atoms with Gasteiger partial charge in [-0.05, 0) is 97.1 Å². The van der Waals surface area contributed by atoms with E-state index in [0.717, 1.165) is 17.1 Å². The van der Waals surface area contributed by atoms with Crippen LogP contribution in [-0.2, 0) is 0 Å². The Morgan fingerprint density at radius 1 is 0.927 bits per heavy atom. The third kappa shape index (κ3) is 5.35. The van der Waals surface area contributed by atoms with Gasteiger partial charge in [0.2, 0.25) is 0 Å². The highest BCUT2D eigenvalue weighted by atomic mass is 32.1. The fourth-order valence-corrected chi connectivity index (χ4v) is 5.19. The van der Waals surface area contributed by atoms with Crippen LogP contribution >= 0.6 is 12.2 Å². The molecular weight excluding hydrogens is 538 g/mol. The number of carboxylic acids is 1. The summed E-state index contributed by atoms with van der Waals surface area (Å²) in [5.41, 5.74) is 2.52. The van der Waals surface area contributed by atoms with Gasteiger partial charge in [-0.2, -0.15) is 0 Å². The highest BCUT2D eigenvalue weighted by Crippen LogP contribution is 2.43. The summed E-state index contributed by atoms with van der Waals surface area (Å²) in [6.07, 6.45) is 1.75. The Morgan fingerprint density at radius 3 is 2.34 bits per heavy atom. The Kier molecular flexibility index (Phi) is 7.09. The van der Waals surface area contributed by atoms with Crippen molar-refractivity contribution in [3.8, 4) is 28.6 Å². The Balaban J connectivity index is 1.33. The molecule has 0 unspecified atom stereocenters. The van der Waals surface area contributed by atoms with E-state index in [0.29, 0.717) is 33.7 Å². The number of anilines is 1. The molecule has 9 heteroatoms. The van der Waals surface area contributed by atoms with Crippen molar-refractivity contribution in [3.05, 3.63) is 126 Å². The van der Waals surface area contributed by atoms with Crippen LogP contribution in [0.5, 0.6) is 17.2 Å². The van der Waals surface area contributed by atoms with E-state index in [1.165, 1.54) is 0 Å². The van der Waals surface area contributed by atoms with Gasteiger partial charge in [0.05, 0.1) is 24.4 Å². The molecule has 1 fully saturated rings. The smallest absolute Gasteiger partial charge is 0.335 e. The van der Waals surface area contributed by atoms with Crippen LogP contribution in [0.3, 0.4) is 0 Å². The Morgan fingerprint density at radius 2 is 1.66 bits per heavy atom. The number of benzene rings is 3. The predicted molar refractivity (Wildman–Crippen MR) is 159 cm³/mol. The zero-order valence-electron chi connectivity index (χ0n) is 21.9. The number of carbonyl (C=O) groups is 1. The molecule has 2 aromatic heterocycles. The van der Waals surface area contributed by atoms with Gasteiger partial charge in [-0.15, -0.1) is 0 Å². The molecule has 1 aliphatic rings. The van der Waals surface area contributed by atoms with Gasteiger partial charge >= 0.3 is 5.97 Å². The van der Waals surface area contributed by atoms with Crippen molar-refractivity contribution < 1.29 is 23.8 Å². The molecule has 2 N–H and O–H groups in total. The molecule has 1 aliphatic heterocycles. The maximum Gasteiger partial charge on any atom is 0.335 e. The summed E-state index contributed by atoms with van der Waals surface area (Å²) in [6, 6.07) is 30.6. The highest BCUT2D eigenvalue weighted by Gasteiger charge is 2.42. The van der Waals surface area contributed by atoms with Crippen molar-refractivity contribution in [2.75, 3.05) is 12.0 Å². The number of furan rings is 1. The van der Waals surface area contributed by atoms with Crippen LogP contribution in [0.4, 0.5) is 5.69 Å². The lowest BCUT2D eigenvalue weighted by Crippen LogP contribution is -2.29. The van der Waals surface area contributed by atoms with Gasteiger partial charge in [0.1, 0.15) is 34.8 Å². The number of thiocarbonyl (C=S) groups is 1. The fraction of sp³-hybridized carbons (Fsp3) is 0.0938. The second kappa shape index (κ2) is 11.1. The number of pyridine rings is 1. The van der Waals surface area contributed by atoms with Gasteiger partial charge < -0.3 is 29.2 Å². The van der Waals surface area contributed by atoms with Crippen molar-refractivity contribution in [3.63, 3.8) is 0 Å². The molecule has 41 heavy (non-hydrogen) atoms. The van der Waals surface area contributed by atoms with Gasteiger partial charge in [-0.1, -0.05) is 18.2 Å². The van der Waals surface area contributed by atoms with Crippen LogP contribution in [0.15, 0.2) is 114 Å². The number of methoxy groups -OCH3 is 1. The second-order valence-corrected chi connectivity index (χ2v) is 9.74. The average Bonchev–Trinajstić information content (AvgIpc) is 3.63. The third-order valence-electron chi connectivity index (χ3n) is 6.82. The summed E-state index contributed by atoms with van der Waals surface area (Å²) in [4.78, 5) is 18.1. The Bertz CT molecular complexity index is 1690. The van der Waals surface area contributed by atoms with E-state index in [-0.39, 0.29) is 17.6 Å². The largest absolute Gasteiger partial charge is 0.497 e. The summed E-state index contributed by atoms with van der Waals surface area (Å²) in [7, 11) is 1.62. The first kappa shape index (κ1) is 26.1. The van der Waals surface area contributed by atoms with Gasteiger partial charge in [-0.3, -0.25) is 4.98 Å². The minimum atomic E-state index is -0.996. The summed E-state index contributed by atoms with van der Waals surface area (Å²) < 4.78 is 17.6. The molecule has 0 bridgehead atoms. The minimum absolute atomic E-state index is 0.189. The normalized spacial score (nSPS) is 16.3. The first-order valence-electron chi connectivity index (χ1n) is 12.9. The van der Waals surface area contributed by atoms with Gasteiger partial charge in [-0.25, -0.2) is 4.79 Å².